The Labute approximate surface area is 214 Å². The summed E-state index contributed by atoms with van der Waals surface area (Å²) in [7, 11) is 0. The van der Waals surface area contributed by atoms with Crippen molar-refractivity contribution in [2.24, 2.45) is 11.8 Å². The van der Waals surface area contributed by atoms with E-state index in [9.17, 15) is 19.2 Å². The zero-order valence-electron chi connectivity index (χ0n) is 22.8. The highest BCUT2D eigenvalue weighted by molar-refractivity contribution is 5.73. The van der Waals surface area contributed by atoms with Gasteiger partial charge in [0.15, 0.2) is 24.6 Å². The van der Waals surface area contributed by atoms with Crippen molar-refractivity contribution in [2.75, 3.05) is 13.2 Å². The lowest BCUT2D eigenvalue weighted by molar-refractivity contribution is -0.309. The minimum absolute atomic E-state index is 0.273. The van der Waals surface area contributed by atoms with Gasteiger partial charge >= 0.3 is 23.9 Å². The Hall–Kier alpha value is -2.20. The van der Waals surface area contributed by atoms with Crippen LogP contribution in [-0.2, 0) is 47.6 Å². The van der Waals surface area contributed by atoms with Crippen LogP contribution in [0.3, 0.4) is 0 Å². The van der Waals surface area contributed by atoms with E-state index in [1.54, 1.807) is 27.7 Å². The first-order chi connectivity index (χ1) is 17.0. The molecule has 0 aromatic rings. The van der Waals surface area contributed by atoms with E-state index < -0.39 is 66.4 Å². The zero-order chi connectivity index (χ0) is 27.3. The van der Waals surface area contributed by atoms with Crippen LogP contribution >= 0.6 is 0 Å². The van der Waals surface area contributed by atoms with Gasteiger partial charge in [0, 0.05) is 20.5 Å². The second kappa shape index (κ2) is 16.5. The Morgan fingerprint density at radius 3 is 1.81 bits per heavy atom. The lowest BCUT2D eigenvalue weighted by Gasteiger charge is -2.44. The van der Waals surface area contributed by atoms with E-state index in [4.69, 9.17) is 28.4 Å². The maximum Gasteiger partial charge on any atom is 0.308 e. The van der Waals surface area contributed by atoms with Gasteiger partial charge in [-0.15, -0.1) is 0 Å². The van der Waals surface area contributed by atoms with Gasteiger partial charge in [0.05, 0.1) is 11.8 Å². The number of carbonyl (C=O) groups is 4. The Morgan fingerprint density at radius 2 is 1.28 bits per heavy atom. The Balaban J connectivity index is 3.21. The molecule has 208 valence electrons. The van der Waals surface area contributed by atoms with E-state index in [0.29, 0.717) is 6.61 Å². The number of esters is 4. The smallest absolute Gasteiger partial charge is 0.308 e. The third-order valence-electron chi connectivity index (χ3n) is 5.57. The average Bonchev–Trinajstić information content (AvgIpc) is 2.79. The van der Waals surface area contributed by atoms with E-state index in [2.05, 4.69) is 6.92 Å². The predicted molar refractivity (Wildman–Crippen MR) is 130 cm³/mol. The number of ether oxygens (including phenoxy) is 6. The average molecular weight is 517 g/mol. The molecule has 0 aromatic carbocycles. The van der Waals surface area contributed by atoms with Crippen LogP contribution in [0.5, 0.6) is 0 Å². The molecule has 5 atom stereocenters. The summed E-state index contributed by atoms with van der Waals surface area (Å²) in [6.07, 6.45) is 0.527. The van der Waals surface area contributed by atoms with Gasteiger partial charge in [0.1, 0.15) is 12.7 Å². The molecule has 0 bridgehead atoms. The van der Waals surface area contributed by atoms with Gasteiger partial charge in [-0.2, -0.15) is 0 Å². The summed E-state index contributed by atoms with van der Waals surface area (Å²) in [5.41, 5.74) is 0. The van der Waals surface area contributed by atoms with Crippen LogP contribution in [0.1, 0.15) is 87.0 Å². The third-order valence-corrected chi connectivity index (χ3v) is 5.57. The minimum Gasteiger partial charge on any atom is -0.463 e. The summed E-state index contributed by atoms with van der Waals surface area (Å²) in [6.45, 7) is 11.3. The standard InChI is InChI=1S/C26H44O10/c1-8-9-10-11-12-13-14-31-26-23(33-19(7)28)22(36-25(30)17(4)5)21(35-24(29)16(2)3)20(34-26)15-32-18(6)27/h16-17,20-23,26H,8-15H2,1-7H3. The summed E-state index contributed by atoms with van der Waals surface area (Å²) in [6, 6.07) is 0. The Bertz CT molecular complexity index is 705. The van der Waals surface area contributed by atoms with E-state index in [-0.39, 0.29) is 6.61 Å². The second-order valence-corrected chi connectivity index (χ2v) is 9.67. The normalized spacial score (nSPS) is 23.9. The molecule has 0 aromatic heterocycles. The molecule has 1 aliphatic rings. The van der Waals surface area contributed by atoms with Crippen molar-refractivity contribution >= 4 is 23.9 Å². The molecule has 0 amide bonds. The van der Waals surface area contributed by atoms with Crippen molar-refractivity contribution in [3.8, 4) is 0 Å². The zero-order valence-corrected chi connectivity index (χ0v) is 22.8. The van der Waals surface area contributed by atoms with Crippen molar-refractivity contribution in [3.63, 3.8) is 0 Å². The number of rotatable bonds is 15. The minimum atomic E-state index is -1.23. The van der Waals surface area contributed by atoms with Crippen molar-refractivity contribution in [1.29, 1.82) is 0 Å². The van der Waals surface area contributed by atoms with Gasteiger partial charge in [-0.25, -0.2) is 0 Å². The quantitative estimate of drug-likeness (QED) is 0.181. The van der Waals surface area contributed by atoms with Gasteiger partial charge in [0.25, 0.3) is 0 Å². The first-order valence-corrected chi connectivity index (χ1v) is 13.0. The molecule has 0 saturated carbocycles. The molecule has 1 rings (SSSR count). The van der Waals surface area contributed by atoms with E-state index in [1.807, 2.05) is 0 Å². The summed E-state index contributed by atoms with van der Waals surface area (Å²) in [5, 5.41) is 0. The number of unbranched alkanes of at least 4 members (excludes halogenated alkanes) is 5. The Kier molecular flexibility index (Phi) is 14.6. The molecule has 0 spiro atoms. The van der Waals surface area contributed by atoms with Gasteiger partial charge in [-0.1, -0.05) is 66.7 Å². The maximum atomic E-state index is 12.6. The van der Waals surface area contributed by atoms with Crippen molar-refractivity contribution in [3.05, 3.63) is 0 Å². The van der Waals surface area contributed by atoms with Crippen molar-refractivity contribution in [2.45, 2.75) is 118 Å². The van der Waals surface area contributed by atoms with Crippen LogP contribution < -0.4 is 0 Å². The molecule has 5 unspecified atom stereocenters. The van der Waals surface area contributed by atoms with Gasteiger partial charge in [0.2, 0.25) is 0 Å². The van der Waals surface area contributed by atoms with Crippen LogP contribution in [0.2, 0.25) is 0 Å². The molecule has 0 radical (unpaired) electrons. The second-order valence-electron chi connectivity index (χ2n) is 9.67. The molecule has 1 saturated heterocycles. The van der Waals surface area contributed by atoms with Crippen LogP contribution in [0.4, 0.5) is 0 Å². The fourth-order valence-electron chi connectivity index (χ4n) is 3.56. The lowest BCUT2D eigenvalue weighted by Crippen LogP contribution is -2.63. The number of hydrogen-bond acceptors (Lipinski definition) is 10. The summed E-state index contributed by atoms with van der Waals surface area (Å²) in [4.78, 5) is 48.6. The molecular weight excluding hydrogens is 472 g/mol. The topological polar surface area (TPSA) is 124 Å². The molecule has 1 heterocycles. The largest absolute Gasteiger partial charge is 0.463 e. The molecule has 1 aliphatic heterocycles. The SMILES string of the molecule is CCCCCCCCOC1OC(COC(C)=O)C(OC(=O)C(C)C)C(OC(=O)C(C)C)C1OC(C)=O. The molecule has 10 nitrogen and oxygen atoms in total. The van der Waals surface area contributed by atoms with E-state index in [0.717, 1.165) is 32.1 Å². The third kappa shape index (κ3) is 11.2. The molecule has 10 heteroatoms. The molecule has 1 fully saturated rings. The van der Waals surface area contributed by atoms with E-state index in [1.165, 1.54) is 20.3 Å². The lowest BCUT2D eigenvalue weighted by atomic mass is 9.97. The maximum absolute atomic E-state index is 12.6. The summed E-state index contributed by atoms with van der Waals surface area (Å²) in [5.74, 6) is -3.35. The van der Waals surface area contributed by atoms with Crippen LogP contribution in [0, 0.1) is 11.8 Å². The first kappa shape index (κ1) is 31.8. The van der Waals surface area contributed by atoms with Gasteiger partial charge in [-0.05, 0) is 6.42 Å². The van der Waals surface area contributed by atoms with Crippen molar-refractivity contribution < 1.29 is 47.6 Å². The molecule has 0 N–H and O–H groups in total. The van der Waals surface area contributed by atoms with Gasteiger partial charge in [-0.3, -0.25) is 19.2 Å². The Morgan fingerprint density at radius 1 is 0.722 bits per heavy atom. The molecule has 0 aliphatic carbocycles. The molecule has 36 heavy (non-hydrogen) atoms. The highest BCUT2D eigenvalue weighted by Crippen LogP contribution is 2.31. The fourth-order valence-corrected chi connectivity index (χ4v) is 3.56. The fraction of sp³-hybridized carbons (Fsp3) is 0.846. The van der Waals surface area contributed by atoms with Crippen LogP contribution in [0.25, 0.3) is 0 Å². The predicted octanol–water partition coefficient (Wildman–Crippen LogP) is 3.72. The monoisotopic (exact) mass is 516 g/mol. The summed E-state index contributed by atoms with van der Waals surface area (Å²) >= 11 is 0. The first-order valence-electron chi connectivity index (χ1n) is 13.0. The summed E-state index contributed by atoms with van der Waals surface area (Å²) < 4.78 is 33.9. The highest BCUT2D eigenvalue weighted by Gasteiger charge is 2.53. The highest BCUT2D eigenvalue weighted by atomic mass is 16.7. The number of carbonyl (C=O) groups excluding carboxylic acids is 4. The van der Waals surface area contributed by atoms with E-state index >= 15 is 0 Å². The van der Waals surface area contributed by atoms with Gasteiger partial charge < -0.3 is 28.4 Å². The van der Waals surface area contributed by atoms with Crippen molar-refractivity contribution in [1.82, 2.24) is 0 Å². The molecular formula is C26H44O10. The van der Waals surface area contributed by atoms with Crippen LogP contribution in [-0.4, -0.2) is 67.8 Å². The number of hydrogen-bond donors (Lipinski definition) is 0. The van der Waals surface area contributed by atoms with Crippen LogP contribution in [0.15, 0.2) is 0 Å².